The fraction of sp³-hybridized carbons (Fsp3) is 0.429. The van der Waals surface area contributed by atoms with Gasteiger partial charge in [0.2, 0.25) is 0 Å². The summed E-state index contributed by atoms with van der Waals surface area (Å²) in [6.45, 7) is 9.52. The molecule has 1 aromatic rings. The van der Waals surface area contributed by atoms with Crippen LogP contribution in [-0.2, 0) is 0 Å². The summed E-state index contributed by atoms with van der Waals surface area (Å²) in [4.78, 5) is 0. The Morgan fingerprint density at radius 2 is 2.13 bits per heavy atom. The standard InChI is InChI=1S/C14H21N/c1-11(2)8-9-15-13(4)14-7-5-6-12(3)10-14/h5-8,10,13,15H,9H2,1-4H3. The Morgan fingerprint density at radius 1 is 1.40 bits per heavy atom. The Morgan fingerprint density at radius 3 is 2.73 bits per heavy atom. The second-order valence-electron chi connectivity index (χ2n) is 4.33. The average molecular weight is 203 g/mol. The molecule has 0 saturated carbocycles. The van der Waals surface area contributed by atoms with E-state index >= 15 is 0 Å². The van der Waals surface area contributed by atoms with Gasteiger partial charge < -0.3 is 5.32 Å². The second-order valence-corrected chi connectivity index (χ2v) is 4.33. The molecule has 15 heavy (non-hydrogen) atoms. The average Bonchev–Trinajstić information content (AvgIpc) is 2.17. The lowest BCUT2D eigenvalue weighted by molar-refractivity contribution is 0.616. The number of nitrogens with one attached hydrogen (secondary N) is 1. The number of rotatable bonds is 4. The van der Waals surface area contributed by atoms with Crippen molar-refractivity contribution >= 4 is 0 Å². The lowest BCUT2D eigenvalue weighted by Gasteiger charge is -2.13. The van der Waals surface area contributed by atoms with Crippen molar-refractivity contribution in [2.24, 2.45) is 0 Å². The molecule has 0 aliphatic heterocycles. The van der Waals surface area contributed by atoms with E-state index in [0.717, 1.165) is 6.54 Å². The molecule has 0 saturated heterocycles. The lowest BCUT2D eigenvalue weighted by atomic mass is 10.1. The summed E-state index contributed by atoms with van der Waals surface area (Å²) in [5.74, 6) is 0. The minimum Gasteiger partial charge on any atom is -0.307 e. The zero-order valence-electron chi connectivity index (χ0n) is 10.2. The van der Waals surface area contributed by atoms with Gasteiger partial charge in [0.1, 0.15) is 0 Å². The molecule has 0 bridgehead atoms. The third-order valence-corrected chi connectivity index (χ3v) is 2.48. The Hall–Kier alpha value is -1.08. The van der Waals surface area contributed by atoms with E-state index in [1.54, 1.807) is 0 Å². The van der Waals surface area contributed by atoms with Crippen LogP contribution in [0.2, 0.25) is 0 Å². The van der Waals surface area contributed by atoms with Crippen LogP contribution >= 0.6 is 0 Å². The van der Waals surface area contributed by atoms with E-state index in [2.05, 4.69) is 63.4 Å². The molecule has 1 rings (SSSR count). The van der Waals surface area contributed by atoms with Gasteiger partial charge in [-0.2, -0.15) is 0 Å². The molecule has 0 aromatic heterocycles. The third-order valence-electron chi connectivity index (χ3n) is 2.48. The fourth-order valence-corrected chi connectivity index (χ4v) is 1.50. The normalized spacial score (nSPS) is 12.3. The zero-order valence-corrected chi connectivity index (χ0v) is 10.2. The van der Waals surface area contributed by atoms with Crippen LogP contribution in [0.15, 0.2) is 35.9 Å². The molecule has 0 radical (unpaired) electrons. The highest BCUT2D eigenvalue weighted by atomic mass is 14.9. The molecule has 1 unspecified atom stereocenters. The van der Waals surface area contributed by atoms with Crippen LogP contribution in [0.4, 0.5) is 0 Å². The molecule has 82 valence electrons. The smallest absolute Gasteiger partial charge is 0.0294 e. The highest BCUT2D eigenvalue weighted by Gasteiger charge is 2.02. The first-order chi connectivity index (χ1) is 7.09. The van der Waals surface area contributed by atoms with Crippen molar-refractivity contribution in [1.82, 2.24) is 5.32 Å². The SMILES string of the molecule is CC(C)=CCNC(C)c1cccc(C)c1. The predicted octanol–water partition coefficient (Wildman–Crippen LogP) is 3.61. The van der Waals surface area contributed by atoms with Crippen molar-refractivity contribution in [2.45, 2.75) is 33.7 Å². The molecule has 0 heterocycles. The molecule has 1 nitrogen and oxygen atoms in total. The van der Waals surface area contributed by atoms with Crippen LogP contribution in [0.5, 0.6) is 0 Å². The maximum atomic E-state index is 3.48. The van der Waals surface area contributed by atoms with Crippen LogP contribution in [0.1, 0.15) is 37.9 Å². The maximum Gasteiger partial charge on any atom is 0.0294 e. The monoisotopic (exact) mass is 203 g/mol. The van der Waals surface area contributed by atoms with E-state index in [9.17, 15) is 0 Å². The number of hydrogen-bond acceptors (Lipinski definition) is 1. The molecule has 0 aliphatic rings. The highest BCUT2D eigenvalue weighted by Crippen LogP contribution is 2.13. The van der Waals surface area contributed by atoms with E-state index in [1.807, 2.05) is 0 Å². The third kappa shape index (κ3) is 4.30. The van der Waals surface area contributed by atoms with E-state index in [4.69, 9.17) is 0 Å². The van der Waals surface area contributed by atoms with Crippen molar-refractivity contribution in [3.8, 4) is 0 Å². The van der Waals surface area contributed by atoms with Crippen LogP contribution in [0.25, 0.3) is 0 Å². The first-order valence-electron chi connectivity index (χ1n) is 5.53. The van der Waals surface area contributed by atoms with E-state index < -0.39 is 0 Å². The fourth-order valence-electron chi connectivity index (χ4n) is 1.50. The molecule has 1 heteroatoms. The minimum absolute atomic E-state index is 0.417. The van der Waals surface area contributed by atoms with Gasteiger partial charge in [0, 0.05) is 12.6 Å². The van der Waals surface area contributed by atoms with Crippen molar-refractivity contribution in [3.05, 3.63) is 47.0 Å². The van der Waals surface area contributed by atoms with Gasteiger partial charge in [-0.25, -0.2) is 0 Å². The Labute approximate surface area is 93.2 Å². The predicted molar refractivity (Wildman–Crippen MR) is 67.0 cm³/mol. The highest BCUT2D eigenvalue weighted by molar-refractivity contribution is 5.24. The van der Waals surface area contributed by atoms with Gasteiger partial charge in [-0.3, -0.25) is 0 Å². The van der Waals surface area contributed by atoms with Gasteiger partial charge in [0.15, 0.2) is 0 Å². The van der Waals surface area contributed by atoms with Gasteiger partial charge in [0.25, 0.3) is 0 Å². The summed E-state index contributed by atoms with van der Waals surface area (Å²) in [6.07, 6.45) is 2.21. The maximum absolute atomic E-state index is 3.48. The molecule has 1 N–H and O–H groups in total. The molecular formula is C14H21N. The molecule has 1 aromatic carbocycles. The molecule has 0 aliphatic carbocycles. The van der Waals surface area contributed by atoms with Crippen molar-refractivity contribution in [2.75, 3.05) is 6.54 Å². The summed E-state index contributed by atoms with van der Waals surface area (Å²) in [5, 5.41) is 3.48. The van der Waals surface area contributed by atoms with E-state index in [0.29, 0.717) is 6.04 Å². The molecule has 0 fully saturated rings. The number of hydrogen-bond donors (Lipinski definition) is 1. The first-order valence-corrected chi connectivity index (χ1v) is 5.53. The summed E-state index contributed by atoms with van der Waals surface area (Å²) >= 11 is 0. The molecular weight excluding hydrogens is 182 g/mol. The molecule has 1 atom stereocenters. The van der Waals surface area contributed by atoms with Crippen molar-refractivity contribution < 1.29 is 0 Å². The van der Waals surface area contributed by atoms with Gasteiger partial charge in [-0.1, -0.05) is 41.5 Å². The first kappa shape index (κ1) is 12.0. The van der Waals surface area contributed by atoms with Crippen LogP contribution < -0.4 is 5.32 Å². The lowest BCUT2D eigenvalue weighted by Crippen LogP contribution is -2.18. The Bertz CT molecular complexity index is 335. The van der Waals surface area contributed by atoms with E-state index in [-0.39, 0.29) is 0 Å². The molecule has 0 spiro atoms. The Balaban J connectivity index is 2.54. The van der Waals surface area contributed by atoms with Crippen molar-refractivity contribution in [1.29, 1.82) is 0 Å². The quantitative estimate of drug-likeness (QED) is 0.737. The Kier molecular flexibility index (Phi) is 4.57. The minimum atomic E-state index is 0.417. The largest absolute Gasteiger partial charge is 0.307 e. The number of benzene rings is 1. The molecule has 0 amide bonds. The zero-order chi connectivity index (χ0) is 11.3. The van der Waals surface area contributed by atoms with Crippen LogP contribution in [0, 0.1) is 6.92 Å². The van der Waals surface area contributed by atoms with Gasteiger partial charge in [-0.15, -0.1) is 0 Å². The van der Waals surface area contributed by atoms with Crippen LogP contribution in [-0.4, -0.2) is 6.54 Å². The van der Waals surface area contributed by atoms with Crippen LogP contribution in [0.3, 0.4) is 0 Å². The topological polar surface area (TPSA) is 12.0 Å². The van der Waals surface area contributed by atoms with Gasteiger partial charge in [0.05, 0.1) is 0 Å². The van der Waals surface area contributed by atoms with Gasteiger partial charge >= 0.3 is 0 Å². The summed E-state index contributed by atoms with van der Waals surface area (Å²) in [5.41, 5.74) is 4.04. The number of allylic oxidation sites excluding steroid dienone is 1. The number of aryl methyl sites for hydroxylation is 1. The van der Waals surface area contributed by atoms with E-state index in [1.165, 1.54) is 16.7 Å². The second kappa shape index (κ2) is 5.72. The summed E-state index contributed by atoms with van der Waals surface area (Å²) < 4.78 is 0. The van der Waals surface area contributed by atoms with Gasteiger partial charge in [-0.05, 0) is 33.3 Å². The van der Waals surface area contributed by atoms with Crippen molar-refractivity contribution in [3.63, 3.8) is 0 Å². The summed E-state index contributed by atoms with van der Waals surface area (Å²) in [6, 6.07) is 9.07. The summed E-state index contributed by atoms with van der Waals surface area (Å²) in [7, 11) is 0.